The molecule has 0 amide bonds. The molecule has 2 unspecified atom stereocenters. The first kappa shape index (κ1) is 17.3. The van der Waals surface area contributed by atoms with Crippen molar-refractivity contribution in [3.63, 3.8) is 0 Å². The van der Waals surface area contributed by atoms with Gasteiger partial charge in [0.25, 0.3) is 0 Å². The minimum Gasteiger partial charge on any atom is -0.469 e. The Kier molecular flexibility index (Phi) is 6.58. The van der Waals surface area contributed by atoms with Gasteiger partial charge in [0.1, 0.15) is 5.76 Å². The molecule has 1 saturated heterocycles. The SMILES string of the molecule is CC1CC(NC(=NCCc2ccco2)NC2CCCCC2)CCO1. The molecule has 24 heavy (non-hydrogen) atoms. The summed E-state index contributed by atoms with van der Waals surface area (Å²) in [6.45, 7) is 3.73. The first-order valence-corrected chi connectivity index (χ1v) is 9.51. The lowest BCUT2D eigenvalue weighted by Gasteiger charge is -2.31. The maximum atomic E-state index is 5.66. The van der Waals surface area contributed by atoms with E-state index in [0.29, 0.717) is 18.2 Å². The molecule has 0 aromatic carbocycles. The third kappa shape index (κ3) is 5.55. The van der Waals surface area contributed by atoms with E-state index in [2.05, 4.69) is 17.6 Å². The lowest BCUT2D eigenvalue weighted by atomic mass is 9.95. The fourth-order valence-electron chi connectivity index (χ4n) is 3.63. The molecule has 1 aliphatic heterocycles. The Morgan fingerprint density at radius 2 is 2.00 bits per heavy atom. The molecule has 3 rings (SSSR count). The van der Waals surface area contributed by atoms with E-state index < -0.39 is 0 Å². The number of rotatable bonds is 5. The van der Waals surface area contributed by atoms with Crippen LogP contribution in [0.5, 0.6) is 0 Å². The summed E-state index contributed by atoms with van der Waals surface area (Å²) in [4.78, 5) is 4.81. The molecule has 2 fully saturated rings. The number of hydrogen-bond acceptors (Lipinski definition) is 3. The van der Waals surface area contributed by atoms with Crippen LogP contribution in [0.2, 0.25) is 0 Å². The molecule has 2 aliphatic rings. The fourth-order valence-corrected chi connectivity index (χ4v) is 3.63. The summed E-state index contributed by atoms with van der Waals surface area (Å²) >= 11 is 0. The lowest BCUT2D eigenvalue weighted by Crippen LogP contribution is -2.50. The van der Waals surface area contributed by atoms with E-state index >= 15 is 0 Å². The summed E-state index contributed by atoms with van der Waals surface area (Å²) in [5, 5.41) is 7.31. The molecule has 0 spiro atoms. The molecular formula is C19H31N3O2. The van der Waals surface area contributed by atoms with Gasteiger partial charge in [-0.05, 0) is 44.7 Å². The highest BCUT2D eigenvalue weighted by Gasteiger charge is 2.21. The first-order valence-electron chi connectivity index (χ1n) is 9.51. The van der Waals surface area contributed by atoms with E-state index in [9.17, 15) is 0 Å². The molecule has 1 aliphatic carbocycles. The highest BCUT2D eigenvalue weighted by molar-refractivity contribution is 5.80. The summed E-state index contributed by atoms with van der Waals surface area (Å²) in [5.74, 6) is 1.96. The quantitative estimate of drug-likeness (QED) is 0.641. The van der Waals surface area contributed by atoms with Crippen molar-refractivity contribution in [2.24, 2.45) is 4.99 Å². The van der Waals surface area contributed by atoms with Gasteiger partial charge in [-0.1, -0.05) is 19.3 Å². The van der Waals surface area contributed by atoms with Crippen molar-refractivity contribution in [1.29, 1.82) is 0 Å². The third-order valence-electron chi connectivity index (χ3n) is 4.98. The van der Waals surface area contributed by atoms with E-state index in [1.54, 1.807) is 6.26 Å². The summed E-state index contributed by atoms with van der Waals surface area (Å²) in [5.41, 5.74) is 0. The van der Waals surface area contributed by atoms with Crippen LogP contribution in [0.1, 0.15) is 57.6 Å². The van der Waals surface area contributed by atoms with Gasteiger partial charge in [-0.2, -0.15) is 0 Å². The molecule has 1 saturated carbocycles. The second-order valence-corrected chi connectivity index (χ2v) is 7.09. The Hall–Kier alpha value is -1.49. The largest absolute Gasteiger partial charge is 0.469 e. The molecule has 1 aromatic heterocycles. The van der Waals surface area contributed by atoms with Crippen LogP contribution in [0, 0.1) is 0 Å². The van der Waals surface area contributed by atoms with Crippen LogP contribution in [0.4, 0.5) is 0 Å². The molecule has 0 bridgehead atoms. The normalized spacial score (nSPS) is 26.3. The minimum atomic E-state index is 0.329. The topological polar surface area (TPSA) is 58.8 Å². The van der Waals surface area contributed by atoms with Crippen LogP contribution in [-0.2, 0) is 11.2 Å². The molecule has 5 heteroatoms. The van der Waals surface area contributed by atoms with E-state index in [4.69, 9.17) is 14.1 Å². The summed E-state index contributed by atoms with van der Waals surface area (Å²) in [7, 11) is 0. The Balaban J connectivity index is 1.55. The first-order chi connectivity index (χ1) is 11.8. The predicted molar refractivity (Wildman–Crippen MR) is 96.3 cm³/mol. The van der Waals surface area contributed by atoms with Gasteiger partial charge in [-0.25, -0.2) is 0 Å². The van der Waals surface area contributed by atoms with Gasteiger partial charge in [0, 0.05) is 31.7 Å². The highest BCUT2D eigenvalue weighted by atomic mass is 16.5. The van der Waals surface area contributed by atoms with Gasteiger partial charge in [-0.3, -0.25) is 4.99 Å². The number of nitrogens with zero attached hydrogens (tertiary/aromatic N) is 1. The Bertz CT molecular complexity index is 495. The van der Waals surface area contributed by atoms with Gasteiger partial charge in [0.15, 0.2) is 5.96 Å². The smallest absolute Gasteiger partial charge is 0.191 e. The zero-order valence-electron chi connectivity index (χ0n) is 14.8. The van der Waals surface area contributed by atoms with E-state index in [-0.39, 0.29) is 0 Å². The monoisotopic (exact) mass is 333 g/mol. The molecule has 1 aromatic rings. The summed E-state index contributed by atoms with van der Waals surface area (Å²) in [6.07, 6.45) is 11.5. The zero-order chi connectivity index (χ0) is 16.6. The number of guanidine groups is 1. The number of ether oxygens (including phenoxy) is 1. The number of furan rings is 1. The molecule has 2 N–H and O–H groups in total. The van der Waals surface area contributed by atoms with Gasteiger partial charge in [-0.15, -0.1) is 0 Å². The van der Waals surface area contributed by atoms with Gasteiger partial charge in [0.2, 0.25) is 0 Å². The van der Waals surface area contributed by atoms with E-state index in [1.807, 2.05) is 12.1 Å². The van der Waals surface area contributed by atoms with Crippen LogP contribution in [-0.4, -0.2) is 37.3 Å². The van der Waals surface area contributed by atoms with Gasteiger partial charge < -0.3 is 19.8 Å². The van der Waals surface area contributed by atoms with E-state index in [1.165, 1.54) is 32.1 Å². The zero-order valence-corrected chi connectivity index (χ0v) is 14.8. The lowest BCUT2D eigenvalue weighted by molar-refractivity contribution is 0.0165. The Labute approximate surface area is 145 Å². The van der Waals surface area contributed by atoms with Crippen molar-refractivity contribution in [1.82, 2.24) is 10.6 Å². The molecule has 134 valence electrons. The molecule has 5 nitrogen and oxygen atoms in total. The van der Waals surface area contributed by atoms with Crippen molar-refractivity contribution in [3.05, 3.63) is 24.2 Å². The van der Waals surface area contributed by atoms with Crippen LogP contribution >= 0.6 is 0 Å². The summed E-state index contributed by atoms with van der Waals surface area (Å²) in [6, 6.07) is 4.96. The number of hydrogen-bond donors (Lipinski definition) is 2. The average molecular weight is 333 g/mol. The number of nitrogens with one attached hydrogen (secondary N) is 2. The van der Waals surface area contributed by atoms with Gasteiger partial charge >= 0.3 is 0 Å². The predicted octanol–water partition coefficient (Wildman–Crippen LogP) is 3.26. The van der Waals surface area contributed by atoms with Crippen molar-refractivity contribution >= 4 is 5.96 Å². The van der Waals surface area contributed by atoms with Crippen molar-refractivity contribution in [2.75, 3.05) is 13.2 Å². The Morgan fingerprint density at radius 3 is 2.75 bits per heavy atom. The molecule has 2 heterocycles. The van der Waals surface area contributed by atoms with Crippen molar-refractivity contribution < 1.29 is 9.15 Å². The maximum absolute atomic E-state index is 5.66. The van der Waals surface area contributed by atoms with Gasteiger partial charge in [0.05, 0.1) is 12.4 Å². The standard InChI is InChI=1S/C19H31N3O2/c1-15-14-17(10-13-23-15)22-19(21-16-6-3-2-4-7-16)20-11-9-18-8-5-12-24-18/h5,8,12,15-17H,2-4,6-7,9-11,13-14H2,1H3,(H2,20,21,22). The second kappa shape index (κ2) is 9.11. The maximum Gasteiger partial charge on any atom is 0.191 e. The average Bonchev–Trinajstić information content (AvgIpc) is 3.09. The second-order valence-electron chi connectivity index (χ2n) is 7.09. The van der Waals surface area contributed by atoms with Crippen molar-refractivity contribution in [2.45, 2.75) is 76.5 Å². The minimum absolute atomic E-state index is 0.329. The van der Waals surface area contributed by atoms with Crippen molar-refractivity contribution in [3.8, 4) is 0 Å². The van der Waals surface area contributed by atoms with Crippen LogP contribution < -0.4 is 10.6 Å². The van der Waals surface area contributed by atoms with Crippen LogP contribution in [0.25, 0.3) is 0 Å². The number of aliphatic imine (C=N–C) groups is 1. The Morgan fingerprint density at radius 1 is 1.17 bits per heavy atom. The fraction of sp³-hybridized carbons (Fsp3) is 0.737. The third-order valence-corrected chi connectivity index (χ3v) is 4.98. The highest BCUT2D eigenvalue weighted by Crippen LogP contribution is 2.18. The van der Waals surface area contributed by atoms with E-state index in [0.717, 1.165) is 44.1 Å². The molecule has 2 atom stereocenters. The van der Waals surface area contributed by atoms with Crippen LogP contribution in [0.3, 0.4) is 0 Å². The van der Waals surface area contributed by atoms with Crippen LogP contribution in [0.15, 0.2) is 27.8 Å². The molecular weight excluding hydrogens is 302 g/mol. The summed E-state index contributed by atoms with van der Waals surface area (Å²) < 4.78 is 11.1. The molecule has 0 radical (unpaired) electrons.